The molecule has 0 aliphatic carbocycles. The van der Waals surface area contributed by atoms with Crippen LogP contribution in [0.3, 0.4) is 0 Å². The Morgan fingerprint density at radius 1 is 1.08 bits per heavy atom. The number of H-pyrrole nitrogens is 1. The van der Waals surface area contributed by atoms with Gasteiger partial charge in [-0.05, 0) is 19.1 Å². The van der Waals surface area contributed by atoms with Crippen LogP contribution in [0.2, 0.25) is 0 Å². The summed E-state index contributed by atoms with van der Waals surface area (Å²) >= 11 is 1.46. The maximum atomic E-state index is 5.32. The lowest BCUT2D eigenvalue weighted by atomic mass is 10.2. The number of methoxy groups -OCH3 is 2. The molecule has 1 N–H and O–H groups in total. The Labute approximate surface area is 141 Å². The number of aryl methyl sites for hydroxylation is 1. The van der Waals surface area contributed by atoms with Crippen molar-refractivity contribution in [1.29, 1.82) is 0 Å². The van der Waals surface area contributed by atoms with Gasteiger partial charge in [0.05, 0.1) is 26.0 Å². The summed E-state index contributed by atoms with van der Waals surface area (Å²) in [5.74, 6) is 2.00. The first-order valence-corrected chi connectivity index (χ1v) is 7.97. The maximum Gasteiger partial charge on any atom is 0.235 e. The van der Waals surface area contributed by atoms with E-state index in [1.807, 2.05) is 25.1 Å². The summed E-state index contributed by atoms with van der Waals surface area (Å²) in [6, 6.07) is 5.56. The highest BCUT2D eigenvalue weighted by molar-refractivity contribution is 7.19. The van der Waals surface area contributed by atoms with Crippen LogP contribution < -0.4 is 9.47 Å². The summed E-state index contributed by atoms with van der Waals surface area (Å²) in [5.41, 5.74) is 2.74. The van der Waals surface area contributed by atoms with Crippen LogP contribution in [0.1, 0.15) is 5.69 Å². The van der Waals surface area contributed by atoms with Crippen LogP contribution in [0.15, 0.2) is 24.4 Å². The number of nitrogens with zero attached hydrogens (tertiary/aromatic N) is 5. The average Bonchev–Trinajstić information content (AvgIpc) is 3.28. The van der Waals surface area contributed by atoms with Gasteiger partial charge in [0.15, 0.2) is 10.8 Å². The molecular weight excluding hydrogens is 328 g/mol. The highest BCUT2D eigenvalue weighted by atomic mass is 32.1. The first-order valence-electron chi connectivity index (χ1n) is 7.15. The van der Waals surface area contributed by atoms with Crippen molar-refractivity contribution in [3.05, 3.63) is 30.1 Å². The summed E-state index contributed by atoms with van der Waals surface area (Å²) in [5, 5.41) is 20.9. The van der Waals surface area contributed by atoms with Crippen molar-refractivity contribution in [3.63, 3.8) is 0 Å². The lowest BCUT2D eigenvalue weighted by Gasteiger charge is -2.06. The number of hydrogen-bond donors (Lipinski definition) is 1. The van der Waals surface area contributed by atoms with Crippen LogP contribution in [0.25, 0.3) is 26.9 Å². The fourth-order valence-electron chi connectivity index (χ4n) is 2.41. The van der Waals surface area contributed by atoms with Gasteiger partial charge in [-0.2, -0.15) is 14.7 Å². The fraction of sp³-hybridized carbons (Fsp3) is 0.200. The first-order chi connectivity index (χ1) is 11.7. The lowest BCUT2D eigenvalue weighted by Crippen LogP contribution is -1.94. The van der Waals surface area contributed by atoms with Gasteiger partial charge >= 0.3 is 0 Å². The van der Waals surface area contributed by atoms with Crippen LogP contribution in [0.5, 0.6) is 11.5 Å². The third kappa shape index (κ3) is 2.29. The SMILES string of the molecule is COc1cc(OC)cc(-c2nnc3sc(-c4cn[nH]c4C)nn23)c1. The molecule has 8 nitrogen and oxygen atoms in total. The zero-order valence-corrected chi connectivity index (χ0v) is 14.1. The van der Waals surface area contributed by atoms with E-state index >= 15 is 0 Å². The molecule has 0 aliphatic rings. The second-order valence-electron chi connectivity index (χ2n) is 5.14. The standard InChI is InChI=1S/C15H14N6O2S/c1-8-12(7-16-17-8)14-20-21-13(18-19-15(21)24-14)9-4-10(22-2)6-11(5-9)23-3/h4-7H,1-3H3,(H,16,17). The van der Waals surface area contributed by atoms with Crippen molar-refractivity contribution in [3.8, 4) is 33.5 Å². The van der Waals surface area contributed by atoms with Gasteiger partial charge in [0, 0.05) is 17.3 Å². The lowest BCUT2D eigenvalue weighted by molar-refractivity contribution is 0.394. The van der Waals surface area contributed by atoms with E-state index in [0.717, 1.165) is 21.8 Å². The van der Waals surface area contributed by atoms with Gasteiger partial charge in [-0.25, -0.2) is 0 Å². The Hall–Kier alpha value is -2.94. The molecule has 0 radical (unpaired) electrons. The zero-order valence-electron chi connectivity index (χ0n) is 13.3. The van der Waals surface area contributed by atoms with Crippen molar-refractivity contribution < 1.29 is 9.47 Å². The van der Waals surface area contributed by atoms with E-state index in [9.17, 15) is 0 Å². The molecule has 24 heavy (non-hydrogen) atoms. The van der Waals surface area contributed by atoms with Gasteiger partial charge in [0.2, 0.25) is 4.96 Å². The summed E-state index contributed by atoms with van der Waals surface area (Å²) in [6.45, 7) is 1.96. The van der Waals surface area contributed by atoms with Crippen LogP contribution in [-0.2, 0) is 0 Å². The van der Waals surface area contributed by atoms with Crippen LogP contribution in [0, 0.1) is 6.92 Å². The number of rotatable bonds is 4. The van der Waals surface area contributed by atoms with Crippen LogP contribution in [0.4, 0.5) is 0 Å². The Morgan fingerprint density at radius 2 is 1.83 bits per heavy atom. The van der Waals surface area contributed by atoms with E-state index in [4.69, 9.17) is 9.47 Å². The van der Waals surface area contributed by atoms with Crippen molar-refractivity contribution in [2.24, 2.45) is 0 Å². The molecule has 0 amide bonds. The largest absolute Gasteiger partial charge is 0.497 e. The number of nitrogens with one attached hydrogen (secondary N) is 1. The molecule has 0 saturated carbocycles. The molecule has 4 aromatic rings. The Morgan fingerprint density at radius 3 is 2.46 bits per heavy atom. The zero-order chi connectivity index (χ0) is 16.7. The third-order valence-electron chi connectivity index (χ3n) is 3.66. The van der Waals surface area contributed by atoms with Crippen molar-refractivity contribution in [1.82, 2.24) is 30.0 Å². The van der Waals surface area contributed by atoms with Gasteiger partial charge in [0.25, 0.3) is 0 Å². The monoisotopic (exact) mass is 342 g/mol. The van der Waals surface area contributed by atoms with Crippen LogP contribution in [-0.4, -0.2) is 44.2 Å². The molecule has 0 atom stereocenters. The highest BCUT2D eigenvalue weighted by Crippen LogP contribution is 2.32. The van der Waals surface area contributed by atoms with Gasteiger partial charge in [-0.3, -0.25) is 5.10 Å². The molecule has 0 spiro atoms. The van der Waals surface area contributed by atoms with Crippen molar-refractivity contribution in [2.45, 2.75) is 6.92 Å². The minimum absolute atomic E-state index is 0.630. The van der Waals surface area contributed by atoms with Crippen molar-refractivity contribution >= 4 is 16.3 Å². The number of ether oxygens (including phenoxy) is 2. The van der Waals surface area contributed by atoms with E-state index in [1.165, 1.54) is 11.3 Å². The summed E-state index contributed by atoms with van der Waals surface area (Å²) in [7, 11) is 3.22. The topological polar surface area (TPSA) is 90.2 Å². The molecule has 0 saturated heterocycles. The Bertz CT molecular complexity index is 996. The number of aromatic nitrogens is 6. The second-order valence-corrected chi connectivity index (χ2v) is 6.09. The molecule has 4 rings (SSSR count). The third-order valence-corrected chi connectivity index (χ3v) is 4.59. The van der Waals surface area contributed by atoms with E-state index in [0.29, 0.717) is 22.3 Å². The smallest absolute Gasteiger partial charge is 0.235 e. The quantitative estimate of drug-likeness (QED) is 0.613. The summed E-state index contributed by atoms with van der Waals surface area (Å²) in [4.78, 5) is 0.711. The Kier molecular flexibility index (Phi) is 3.42. The summed E-state index contributed by atoms with van der Waals surface area (Å²) in [6.07, 6.45) is 1.76. The molecule has 1 aromatic carbocycles. The van der Waals surface area contributed by atoms with E-state index < -0.39 is 0 Å². The highest BCUT2D eigenvalue weighted by Gasteiger charge is 2.17. The molecule has 9 heteroatoms. The van der Waals surface area contributed by atoms with Gasteiger partial charge in [0.1, 0.15) is 11.5 Å². The predicted molar refractivity (Wildman–Crippen MR) is 89.5 cm³/mol. The number of benzene rings is 1. The summed E-state index contributed by atoms with van der Waals surface area (Å²) < 4.78 is 12.4. The first kappa shape index (κ1) is 14.6. The van der Waals surface area contributed by atoms with E-state index in [-0.39, 0.29) is 0 Å². The molecule has 0 fully saturated rings. The normalized spacial score (nSPS) is 11.1. The predicted octanol–water partition coefficient (Wildman–Crippen LogP) is 2.57. The minimum Gasteiger partial charge on any atom is -0.497 e. The molecule has 0 bridgehead atoms. The van der Waals surface area contributed by atoms with Gasteiger partial charge < -0.3 is 9.47 Å². The van der Waals surface area contributed by atoms with Gasteiger partial charge in [-0.1, -0.05) is 11.3 Å². The molecule has 122 valence electrons. The number of hydrogen-bond acceptors (Lipinski definition) is 7. The van der Waals surface area contributed by atoms with E-state index in [2.05, 4.69) is 25.5 Å². The molecule has 3 aromatic heterocycles. The molecular formula is C15H14N6O2S. The number of fused-ring (bicyclic) bond motifs is 1. The van der Waals surface area contributed by atoms with E-state index in [1.54, 1.807) is 24.9 Å². The average molecular weight is 342 g/mol. The second kappa shape index (κ2) is 5.60. The molecule has 0 aliphatic heterocycles. The number of aromatic amines is 1. The fourth-order valence-corrected chi connectivity index (χ4v) is 3.32. The van der Waals surface area contributed by atoms with Gasteiger partial charge in [-0.15, -0.1) is 10.2 Å². The Balaban J connectivity index is 1.86. The van der Waals surface area contributed by atoms with Crippen molar-refractivity contribution in [2.75, 3.05) is 14.2 Å². The van der Waals surface area contributed by atoms with Crippen LogP contribution >= 0.6 is 11.3 Å². The molecule has 0 unspecified atom stereocenters. The molecule has 3 heterocycles. The minimum atomic E-state index is 0.630. The maximum absolute atomic E-state index is 5.32.